The Bertz CT molecular complexity index is 178. The first-order chi connectivity index (χ1) is 5.33. The van der Waals surface area contributed by atoms with E-state index in [1.807, 2.05) is 0 Å². The van der Waals surface area contributed by atoms with Gasteiger partial charge in [0.25, 0.3) is 0 Å². The molecule has 0 spiro atoms. The minimum absolute atomic E-state index is 0.866. The Morgan fingerprint density at radius 2 is 2.45 bits per heavy atom. The molecule has 0 radical (unpaired) electrons. The van der Waals surface area contributed by atoms with Crippen LogP contribution in [0.4, 0.5) is 0 Å². The Labute approximate surface area is 69.7 Å². The van der Waals surface area contributed by atoms with Gasteiger partial charge in [0.05, 0.1) is 0 Å². The largest absolute Gasteiger partial charge is 0.0848 e. The summed E-state index contributed by atoms with van der Waals surface area (Å²) in [6.45, 7) is 4.68. The van der Waals surface area contributed by atoms with Gasteiger partial charge in [0.15, 0.2) is 0 Å². The number of allylic oxidation sites excluding steroid dienone is 2. The Morgan fingerprint density at radius 3 is 3.18 bits per heavy atom. The molecule has 2 rings (SSSR count). The first-order valence-electron chi connectivity index (χ1n) is 5.03. The quantitative estimate of drug-likeness (QED) is 0.529. The zero-order chi connectivity index (χ0) is 7.84. The van der Waals surface area contributed by atoms with Gasteiger partial charge >= 0.3 is 0 Å². The zero-order valence-electron chi connectivity index (χ0n) is 7.64. The summed E-state index contributed by atoms with van der Waals surface area (Å²) >= 11 is 0. The molecule has 0 heterocycles. The van der Waals surface area contributed by atoms with E-state index < -0.39 is 0 Å². The standard InChI is InChI=1S/C11H18/c1-3-8(2)10-6-4-5-9-7-11(9)10/h6,8-9,11H,3-5,7H2,1-2H3. The van der Waals surface area contributed by atoms with Gasteiger partial charge in [-0.05, 0) is 43.4 Å². The predicted molar refractivity (Wildman–Crippen MR) is 48.4 cm³/mol. The molecule has 0 aromatic carbocycles. The van der Waals surface area contributed by atoms with E-state index in [9.17, 15) is 0 Å². The van der Waals surface area contributed by atoms with E-state index >= 15 is 0 Å². The van der Waals surface area contributed by atoms with Crippen molar-refractivity contribution in [1.29, 1.82) is 0 Å². The van der Waals surface area contributed by atoms with Crippen LogP contribution >= 0.6 is 0 Å². The van der Waals surface area contributed by atoms with Gasteiger partial charge in [-0.25, -0.2) is 0 Å². The van der Waals surface area contributed by atoms with Crippen molar-refractivity contribution in [2.45, 2.75) is 39.5 Å². The van der Waals surface area contributed by atoms with Crippen LogP contribution in [0.5, 0.6) is 0 Å². The second-order valence-corrected chi connectivity index (χ2v) is 4.19. The van der Waals surface area contributed by atoms with Gasteiger partial charge in [-0.15, -0.1) is 0 Å². The molecule has 11 heavy (non-hydrogen) atoms. The summed E-state index contributed by atoms with van der Waals surface area (Å²) in [4.78, 5) is 0. The van der Waals surface area contributed by atoms with E-state index in [-0.39, 0.29) is 0 Å². The highest BCUT2D eigenvalue weighted by Gasteiger charge is 2.41. The van der Waals surface area contributed by atoms with E-state index in [4.69, 9.17) is 0 Å². The summed E-state index contributed by atoms with van der Waals surface area (Å²) in [6, 6.07) is 0. The van der Waals surface area contributed by atoms with Crippen molar-refractivity contribution in [1.82, 2.24) is 0 Å². The molecule has 1 fully saturated rings. The molecular formula is C11H18. The van der Waals surface area contributed by atoms with E-state index in [0.717, 1.165) is 17.8 Å². The Hall–Kier alpha value is -0.260. The minimum atomic E-state index is 0.866. The van der Waals surface area contributed by atoms with E-state index in [2.05, 4.69) is 19.9 Å². The highest BCUT2D eigenvalue weighted by atomic mass is 14.5. The summed E-state index contributed by atoms with van der Waals surface area (Å²) in [5.41, 5.74) is 1.80. The number of fused-ring (bicyclic) bond motifs is 1. The van der Waals surface area contributed by atoms with Gasteiger partial charge in [-0.1, -0.05) is 25.5 Å². The molecule has 3 unspecified atom stereocenters. The maximum Gasteiger partial charge on any atom is -0.0169 e. The lowest BCUT2D eigenvalue weighted by atomic mass is 9.89. The van der Waals surface area contributed by atoms with Gasteiger partial charge in [0.2, 0.25) is 0 Å². The summed E-state index contributed by atoms with van der Waals surface area (Å²) in [5, 5.41) is 0. The maximum atomic E-state index is 2.52. The highest BCUT2D eigenvalue weighted by molar-refractivity contribution is 5.21. The van der Waals surface area contributed by atoms with E-state index in [0.29, 0.717) is 0 Å². The molecule has 0 aromatic heterocycles. The summed E-state index contributed by atoms with van der Waals surface area (Å²) in [6.07, 6.45) is 8.19. The zero-order valence-corrected chi connectivity index (χ0v) is 7.64. The molecule has 0 aromatic rings. The SMILES string of the molecule is CCC(C)C1=CCCC2CC12. The first kappa shape index (κ1) is 7.39. The Balaban J connectivity index is 2.06. The fourth-order valence-electron chi connectivity index (χ4n) is 2.39. The molecule has 0 bridgehead atoms. The summed E-state index contributed by atoms with van der Waals surface area (Å²) in [5.74, 6) is 2.99. The third kappa shape index (κ3) is 1.23. The summed E-state index contributed by atoms with van der Waals surface area (Å²) in [7, 11) is 0. The van der Waals surface area contributed by atoms with Gasteiger partial charge in [-0.2, -0.15) is 0 Å². The first-order valence-corrected chi connectivity index (χ1v) is 5.03. The molecule has 0 heteroatoms. The van der Waals surface area contributed by atoms with Crippen LogP contribution in [0.3, 0.4) is 0 Å². The molecule has 0 saturated heterocycles. The second-order valence-electron chi connectivity index (χ2n) is 4.19. The van der Waals surface area contributed by atoms with Gasteiger partial charge in [0.1, 0.15) is 0 Å². The lowest BCUT2D eigenvalue weighted by Gasteiger charge is -2.17. The molecule has 0 amide bonds. The number of rotatable bonds is 2. The molecule has 62 valence electrons. The lowest BCUT2D eigenvalue weighted by Crippen LogP contribution is -2.04. The van der Waals surface area contributed by atoms with Gasteiger partial charge in [-0.3, -0.25) is 0 Å². The van der Waals surface area contributed by atoms with Crippen LogP contribution in [0.1, 0.15) is 39.5 Å². The van der Waals surface area contributed by atoms with Crippen molar-refractivity contribution in [3.63, 3.8) is 0 Å². The fourth-order valence-corrected chi connectivity index (χ4v) is 2.39. The molecule has 1 saturated carbocycles. The smallest absolute Gasteiger partial charge is 0.0169 e. The second kappa shape index (κ2) is 2.66. The van der Waals surface area contributed by atoms with Crippen molar-refractivity contribution in [3.05, 3.63) is 11.6 Å². The van der Waals surface area contributed by atoms with Crippen molar-refractivity contribution in [2.24, 2.45) is 17.8 Å². The van der Waals surface area contributed by atoms with Crippen molar-refractivity contribution >= 4 is 0 Å². The molecular weight excluding hydrogens is 132 g/mol. The predicted octanol–water partition coefficient (Wildman–Crippen LogP) is 3.39. The maximum absolute atomic E-state index is 2.52. The van der Waals surface area contributed by atoms with Crippen LogP contribution in [-0.4, -0.2) is 0 Å². The normalized spacial score (nSPS) is 37.5. The van der Waals surface area contributed by atoms with Crippen LogP contribution in [0, 0.1) is 17.8 Å². The van der Waals surface area contributed by atoms with Crippen LogP contribution in [0.15, 0.2) is 11.6 Å². The average molecular weight is 150 g/mol. The van der Waals surface area contributed by atoms with Crippen LogP contribution < -0.4 is 0 Å². The molecule has 3 atom stereocenters. The lowest BCUT2D eigenvalue weighted by molar-refractivity contribution is 0.557. The molecule has 2 aliphatic rings. The highest BCUT2D eigenvalue weighted by Crippen LogP contribution is 2.52. The van der Waals surface area contributed by atoms with Crippen LogP contribution in [-0.2, 0) is 0 Å². The number of hydrogen-bond acceptors (Lipinski definition) is 0. The Kier molecular flexibility index (Phi) is 1.78. The van der Waals surface area contributed by atoms with Gasteiger partial charge < -0.3 is 0 Å². The topological polar surface area (TPSA) is 0 Å². The number of hydrogen-bond donors (Lipinski definition) is 0. The molecule has 0 nitrogen and oxygen atoms in total. The van der Waals surface area contributed by atoms with Crippen molar-refractivity contribution < 1.29 is 0 Å². The molecule has 0 aliphatic heterocycles. The third-order valence-electron chi connectivity index (χ3n) is 3.45. The van der Waals surface area contributed by atoms with Gasteiger partial charge in [0, 0.05) is 0 Å². The van der Waals surface area contributed by atoms with E-state index in [1.54, 1.807) is 5.57 Å². The van der Waals surface area contributed by atoms with Crippen molar-refractivity contribution in [2.75, 3.05) is 0 Å². The molecule has 2 aliphatic carbocycles. The Morgan fingerprint density at radius 1 is 1.64 bits per heavy atom. The van der Waals surface area contributed by atoms with E-state index in [1.165, 1.54) is 25.7 Å². The average Bonchev–Trinajstić information content (AvgIpc) is 2.80. The summed E-state index contributed by atoms with van der Waals surface area (Å²) < 4.78 is 0. The monoisotopic (exact) mass is 150 g/mol. The van der Waals surface area contributed by atoms with Crippen LogP contribution in [0.2, 0.25) is 0 Å². The molecule has 0 N–H and O–H groups in total. The van der Waals surface area contributed by atoms with Crippen molar-refractivity contribution in [3.8, 4) is 0 Å². The third-order valence-corrected chi connectivity index (χ3v) is 3.45. The fraction of sp³-hybridized carbons (Fsp3) is 0.818. The minimum Gasteiger partial charge on any atom is -0.0848 e. The van der Waals surface area contributed by atoms with Crippen LogP contribution in [0.25, 0.3) is 0 Å².